The van der Waals surface area contributed by atoms with E-state index in [1.165, 1.54) is 11.9 Å². The lowest BCUT2D eigenvalue weighted by Crippen LogP contribution is -2.57. The molecule has 2 aliphatic heterocycles. The monoisotopic (exact) mass is 523 g/mol. The van der Waals surface area contributed by atoms with Crippen molar-refractivity contribution in [1.29, 1.82) is 5.26 Å². The molecule has 3 aliphatic carbocycles. The Bertz CT molecular complexity index is 1050. The van der Waals surface area contributed by atoms with Crippen molar-refractivity contribution in [2.75, 3.05) is 13.6 Å². The van der Waals surface area contributed by atoms with Crippen LogP contribution in [0.2, 0.25) is 0 Å². The molecule has 3 saturated carbocycles. The second-order valence-corrected chi connectivity index (χ2v) is 11.9. The van der Waals surface area contributed by atoms with Crippen molar-refractivity contribution in [3.8, 4) is 6.07 Å². The zero-order chi connectivity index (χ0) is 26.8. The first-order chi connectivity index (χ1) is 17.4. The number of nitrogens with zero attached hydrogens (tertiary/aromatic N) is 3. The Labute approximate surface area is 213 Å². The molecule has 2 heterocycles. The van der Waals surface area contributed by atoms with Gasteiger partial charge in [-0.2, -0.15) is 18.4 Å². The van der Waals surface area contributed by atoms with E-state index in [-0.39, 0.29) is 42.7 Å². The highest BCUT2D eigenvalue weighted by atomic mass is 19.4. The lowest BCUT2D eigenvalue weighted by atomic mass is 9.82. The first kappa shape index (κ1) is 25.8. The molecule has 2 saturated heterocycles. The van der Waals surface area contributed by atoms with Crippen LogP contribution in [0.5, 0.6) is 0 Å². The topological polar surface area (TPSA) is 123 Å². The van der Waals surface area contributed by atoms with Crippen LogP contribution in [0.3, 0.4) is 0 Å². The number of hydrogen-bond acceptors (Lipinski definition) is 5. The quantitative estimate of drug-likeness (QED) is 0.501. The van der Waals surface area contributed by atoms with Crippen LogP contribution >= 0.6 is 0 Å². The van der Waals surface area contributed by atoms with Gasteiger partial charge in [-0.15, -0.1) is 0 Å². The summed E-state index contributed by atoms with van der Waals surface area (Å²) >= 11 is 0. The van der Waals surface area contributed by atoms with E-state index in [2.05, 4.69) is 11.4 Å². The van der Waals surface area contributed by atoms with Gasteiger partial charge in [-0.25, -0.2) is 0 Å². The summed E-state index contributed by atoms with van der Waals surface area (Å²) in [6.07, 6.45) is 1.09. The van der Waals surface area contributed by atoms with Gasteiger partial charge in [0.05, 0.1) is 11.5 Å². The van der Waals surface area contributed by atoms with E-state index in [9.17, 15) is 37.6 Å². The number of rotatable bonds is 8. The van der Waals surface area contributed by atoms with Gasteiger partial charge in [-0.05, 0) is 50.4 Å². The molecule has 4 amide bonds. The van der Waals surface area contributed by atoms with E-state index in [1.807, 2.05) is 5.32 Å². The van der Waals surface area contributed by atoms with E-state index < -0.39 is 47.4 Å². The molecule has 0 radical (unpaired) electrons. The van der Waals surface area contributed by atoms with Gasteiger partial charge in [0, 0.05) is 19.1 Å². The predicted octanol–water partition coefficient (Wildman–Crippen LogP) is 1.62. The van der Waals surface area contributed by atoms with Crippen LogP contribution < -0.4 is 10.6 Å². The van der Waals surface area contributed by atoms with Gasteiger partial charge in [0.15, 0.2) is 0 Å². The van der Waals surface area contributed by atoms with Gasteiger partial charge in [-0.3, -0.25) is 19.2 Å². The maximum absolute atomic E-state index is 13.9. The molecule has 5 fully saturated rings. The Balaban J connectivity index is 1.35. The van der Waals surface area contributed by atoms with Crippen molar-refractivity contribution in [2.24, 2.45) is 17.3 Å². The van der Waals surface area contributed by atoms with E-state index >= 15 is 0 Å². The summed E-state index contributed by atoms with van der Waals surface area (Å²) < 4.78 is 38.9. The van der Waals surface area contributed by atoms with Gasteiger partial charge < -0.3 is 20.4 Å². The molecule has 0 aromatic rings. The van der Waals surface area contributed by atoms with Crippen molar-refractivity contribution in [3.63, 3.8) is 0 Å². The van der Waals surface area contributed by atoms with Crippen LogP contribution in [0.25, 0.3) is 0 Å². The molecular weight excluding hydrogens is 491 g/mol. The van der Waals surface area contributed by atoms with E-state index in [0.717, 1.165) is 43.4 Å². The van der Waals surface area contributed by atoms with E-state index in [0.29, 0.717) is 12.8 Å². The van der Waals surface area contributed by atoms with Crippen molar-refractivity contribution in [3.05, 3.63) is 0 Å². The Hall–Kier alpha value is -2.84. The SMILES string of the molecule is CN(C(=O)[C@H](CC1CC1)NC(=O)C(F)(F)F)[C@@H](CC1CC1)C(=O)N1C[C@@]2(C[C@H]1C#N)CC1(CC1)NC2=O. The Morgan fingerprint density at radius 3 is 2.32 bits per heavy atom. The Kier molecular flexibility index (Phi) is 6.19. The highest BCUT2D eigenvalue weighted by molar-refractivity contribution is 5.94. The molecule has 0 bridgehead atoms. The minimum absolute atomic E-state index is 0.0468. The number of carbonyl (C=O) groups is 4. The number of carbonyl (C=O) groups excluding carboxylic acids is 4. The normalized spacial score (nSPS) is 29.5. The number of likely N-dealkylation sites (tertiary alicyclic amines) is 1. The maximum atomic E-state index is 13.9. The third-order valence-corrected chi connectivity index (χ3v) is 8.74. The molecular formula is C25H32F3N5O4. The van der Waals surface area contributed by atoms with Gasteiger partial charge in [0.1, 0.15) is 18.1 Å². The lowest BCUT2D eigenvalue weighted by molar-refractivity contribution is -0.175. The van der Waals surface area contributed by atoms with Crippen LogP contribution in [0.4, 0.5) is 13.2 Å². The van der Waals surface area contributed by atoms with Crippen molar-refractivity contribution in [2.45, 2.75) is 94.0 Å². The number of hydrogen-bond donors (Lipinski definition) is 2. The fourth-order valence-electron chi connectivity index (χ4n) is 6.05. The van der Waals surface area contributed by atoms with E-state index in [4.69, 9.17) is 0 Å². The summed E-state index contributed by atoms with van der Waals surface area (Å²) in [5.74, 6) is -3.31. The minimum Gasteiger partial charge on any atom is -0.350 e. The molecule has 0 aromatic heterocycles. The number of amides is 4. The number of halogens is 3. The molecule has 2 N–H and O–H groups in total. The predicted molar refractivity (Wildman–Crippen MR) is 122 cm³/mol. The maximum Gasteiger partial charge on any atom is 0.471 e. The molecule has 9 nitrogen and oxygen atoms in total. The fourth-order valence-corrected chi connectivity index (χ4v) is 6.05. The van der Waals surface area contributed by atoms with Gasteiger partial charge >= 0.3 is 12.1 Å². The first-order valence-electron chi connectivity index (χ1n) is 13.0. The smallest absolute Gasteiger partial charge is 0.350 e. The van der Waals surface area contributed by atoms with Crippen molar-refractivity contribution in [1.82, 2.24) is 20.4 Å². The third-order valence-electron chi connectivity index (χ3n) is 8.74. The molecule has 0 unspecified atom stereocenters. The van der Waals surface area contributed by atoms with Gasteiger partial charge in [0.2, 0.25) is 17.7 Å². The van der Waals surface area contributed by atoms with Crippen LogP contribution in [-0.4, -0.2) is 76.9 Å². The lowest BCUT2D eigenvalue weighted by Gasteiger charge is -2.34. The van der Waals surface area contributed by atoms with E-state index in [1.54, 1.807) is 0 Å². The van der Waals surface area contributed by atoms with Crippen LogP contribution in [0.1, 0.15) is 64.2 Å². The molecule has 4 atom stereocenters. The highest BCUT2D eigenvalue weighted by Gasteiger charge is 2.64. The zero-order valence-electron chi connectivity index (χ0n) is 20.8. The highest BCUT2D eigenvalue weighted by Crippen LogP contribution is 2.54. The molecule has 2 spiro atoms. The summed E-state index contributed by atoms with van der Waals surface area (Å²) in [7, 11) is 1.38. The van der Waals surface area contributed by atoms with Crippen molar-refractivity contribution >= 4 is 23.6 Å². The third kappa shape index (κ3) is 5.14. The number of nitriles is 1. The summed E-state index contributed by atoms with van der Waals surface area (Å²) in [6, 6.07) is -1.07. The minimum atomic E-state index is -5.13. The van der Waals surface area contributed by atoms with Crippen LogP contribution in [0, 0.1) is 28.6 Å². The molecule has 12 heteroatoms. The molecule has 5 aliphatic rings. The second-order valence-electron chi connectivity index (χ2n) is 11.9. The molecule has 5 rings (SSSR count). The van der Waals surface area contributed by atoms with Gasteiger partial charge in [-0.1, -0.05) is 25.7 Å². The summed E-state index contributed by atoms with van der Waals surface area (Å²) in [5.41, 5.74) is -1.07. The van der Waals surface area contributed by atoms with Crippen LogP contribution in [0.15, 0.2) is 0 Å². The zero-order valence-corrected chi connectivity index (χ0v) is 20.8. The largest absolute Gasteiger partial charge is 0.471 e. The number of nitrogens with one attached hydrogen (secondary N) is 2. The molecule has 202 valence electrons. The molecule has 0 aromatic carbocycles. The second kappa shape index (κ2) is 8.88. The number of alkyl halides is 3. The van der Waals surface area contributed by atoms with Gasteiger partial charge in [0.25, 0.3) is 0 Å². The summed E-state index contributed by atoms with van der Waals surface area (Å²) in [4.78, 5) is 54.4. The average molecular weight is 524 g/mol. The fraction of sp³-hybridized carbons (Fsp3) is 0.800. The standard InChI is InChI=1S/C25H32F3N5O4/c1-32(19(34)17(8-14-2-3-14)30-22(37)25(26,27)28)18(9-15-4-5-15)20(35)33-13-23(10-16(33)11-29)12-24(6-7-24)31-21(23)36/h14-18H,2-10,12-13H2,1H3,(H,30,37)(H,31,36)/t16-,17-,18-,23+/m0/s1. The Morgan fingerprint density at radius 2 is 1.81 bits per heavy atom. The number of likely N-dealkylation sites (N-methyl/N-ethyl adjacent to an activating group) is 1. The Morgan fingerprint density at radius 1 is 1.19 bits per heavy atom. The summed E-state index contributed by atoms with van der Waals surface area (Å²) in [6.45, 7) is 0.0805. The average Bonchev–Trinajstić information content (AvgIpc) is 3.74. The van der Waals surface area contributed by atoms with Crippen LogP contribution in [-0.2, 0) is 19.2 Å². The first-order valence-corrected chi connectivity index (χ1v) is 13.0. The summed E-state index contributed by atoms with van der Waals surface area (Å²) in [5, 5.41) is 14.7. The molecule has 37 heavy (non-hydrogen) atoms. The van der Waals surface area contributed by atoms with Crippen molar-refractivity contribution < 1.29 is 32.3 Å².